The molecule has 32 heavy (non-hydrogen) atoms. The number of nitrogens with one attached hydrogen (secondary N) is 1. The van der Waals surface area contributed by atoms with E-state index in [0.717, 1.165) is 37.1 Å². The maximum absolute atomic E-state index is 11.0. The van der Waals surface area contributed by atoms with Gasteiger partial charge in [-0.05, 0) is 31.0 Å². The van der Waals surface area contributed by atoms with Gasteiger partial charge in [-0.1, -0.05) is 0 Å². The molecule has 0 unspecified atom stereocenters. The lowest BCUT2D eigenvalue weighted by Crippen LogP contribution is -2.43. The van der Waals surface area contributed by atoms with Crippen molar-refractivity contribution >= 4 is 17.4 Å². The third-order valence-electron chi connectivity index (χ3n) is 5.98. The highest BCUT2D eigenvalue weighted by atomic mass is 16.5. The Morgan fingerprint density at radius 3 is 3.09 bits per heavy atom. The van der Waals surface area contributed by atoms with Gasteiger partial charge in [-0.3, -0.25) is 4.90 Å². The first-order valence-electron chi connectivity index (χ1n) is 10.9. The van der Waals surface area contributed by atoms with Gasteiger partial charge in [-0.15, -0.1) is 0 Å². The second-order valence-corrected chi connectivity index (χ2v) is 8.18. The van der Waals surface area contributed by atoms with Crippen molar-refractivity contribution in [3.63, 3.8) is 0 Å². The van der Waals surface area contributed by atoms with Gasteiger partial charge in [0.1, 0.15) is 11.5 Å². The fraction of sp³-hybridized carbons (Fsp3) is 0.500. The summed E-state index contributed by atoms with van der Waals surface area (Å²) in [5.74, 6) is 0.830. The third-order valence-corrected chi connectivity index (χ3v) is 5.98. The van der Waals surface area contributed by atoms with Crippen LogP contribution in [0.4, 0.5) is 6.01 Å². The first kappa shape index (κ1) is 20.9. The summed E-state index contributed by atoms with van der Waals surface area (Å²) in [7, 11) is 1.60. The fourth-order valence-corrected chi connectivity index (χ4v) is 4.52. The predicted molar refractivity (Wildman–Crippen MR) is 117 cm³/mol. The van der Waals surface area contributed by atoms with Gasteiger partial charge in [-0.25, -0.2) is 9.97 Å². The van der Waals surface area contributed by atoms with Gasteiger partial charge in [0.2, 0.25) is 5.65 Å². The predicted octanol–water partition coefficient (Wildman–Crippen LogP) is 1.94. The average molecular weight is 441 g/mol. The molecular weight excluding hydrogens is 414 g/mol. The Labute approximate surface area is 185 Å². The molecule has 1 saturated heterocycles. The molecule has 1 aromatic carbocycles. The van der Waals surface area contributed by atoms with Crippen LogP contribution in [-0.4, -0.2) is 76.1 Å². The van der Waals surface area contributed by atoms with Crippen LogP contribution in [0.1, 0.15) is 24.0 Å². The van der Waals surface area contributed by atoms with E-state index in [1.54, 1.807) is 13.3 Å². The lowest BCUT2D eigenvalue weighted by atomic mass is 9.98. The Morgan fingerprint density at radius 2 is 2.25 bits per heavy atom. The van der Waals surface area contributed by atoms with E-state index < -0.39 is 0 Å². The Morgan fingerprint density at radius 1 is 1.34 bits per heavy atom. The van der Waals surface area contributed by atoms with Crippen LogP contribution in [0, 0.1) is 0 Å². The van der Waals surface area contributed by atoms with Crippen LogP contribution in [-0.2, 0) is 17.8 Å². The van der Waals surface area contributed by atoms with E-state index >= 15 is 0 Å². The number of fused-ring (bicyclic) bond motifs is 2. The van der Waals surface area contributed by atoms with Crippen molar-refractivity contribution in [1.82, 2.24) is 19.9 Å². The molecule has 0 spiro atoms. The molecule has 3 N–H and O–H groups in total. The van der Waals surface area contributed by atoms with Crippen LogP contribution in [0.15, 0.2) is 16.7 Å². The number of phenols is 1. The number of benzene rings is 1. The number of aliphatic hydroxyl groups is 1. The minimum absolute atomic E-state index is 0.147. The lowest BCUT2D eigenvalue weighted by Gasteiger charge is -2.32. The Hall–Kier alpha value is -2.95. The standard InChI is InChI=1S/C22H27N5O5/c1-30-12-13-9-17-15(4-8-31-17)19(29)18(13)16-10-23-21-20(25-16)26-22(32-21)24-14-3-2-5-27(11-14)6-7-28/h9-10,14,28-29H,2-8,11-12H2,1H3,(H,24,25,26)/t14-/m1/s1. The first-order chi connectivity index (χ1) is 15.7. The molecule has 0 amide bonds. The summed E-state index contributed by atoms with van der Waals surface area (Å²) in [5.41, 5.74) is 3.32. The van der Waals surface area contributed by atoms with Crippen LogP contribution in [0.5, 0.6) is 11.5 Å². The molecule has 1 atom stereocenters. The van der Waals surface area contributed by atoms with Crippen molar-refractivity contribution in [2.45, 2.75) is 31.9 Å². The summed E-state index contributed by atoms with van der Waals surface area (Å²) in [4.78, 5) is 15.7. The van der Waals surface area contributed by atoms with Gasteiger partial charge in [-0.2, -0.15) is 4.98 Å². The van der Waals surface area contributed by atoms with Gasteiger partial charge < -0.3 is 29.4 Å². The first-order valence-corrected chi connectivity index (χ1v) is 10.9. The summed E-state index contributed by atoms with van der Waals surface area (Å²) in [6.45, 7) is 3.46. The van der Waals surface area contributed by atoms with E-state index in [-0.39, 0.29) is 18.4 Å². The topological polar surface area (TPSA) is 126 Å². The molecule has 1 fully saturated rings. The van der Waals surface area contributed by atoms with Crippen molar-refractivity contribution < 1.29 is 24.1 Å². The Bertz CT molecular complexity index is 1120. The smallest absolute Gasteiger partial charge is 0.298 e. The molecule has 0 radical (unpaired) electrons. The number of piperidine rings is 1. The van der Waals surface area contributed by atoms with E-state index in [9.17, 15) is 10.2 Å². The highest BCUT2D eigenvalue weighted by molar-refractivity contribution is 5.78. The zero-order chi connectivity index (χ0) is 22.1. The second kappa shape index (κ2) is 8.89. The lowest BCUT2D eigenvalue weighted by molar-refractivity contribution is 0.166. The summed E-state index contributed by atoms with van der Waals surface area (Å²) in [6, 6.07) is 2.44. The number of hydrogen-bond acceptors (Lipinski definition) is 10. The normalized spacial score (nSPS) is 18.6. The number of likely N-dealkylation sites (tertiary alicyclic amines) is 1. The molecular formula is C22H27N5O5. The fourth-order valence-electron chi connectivity index (χ4n) is 4.52. The number of phenolic OH excluding ortho intramolecular Hbond substituents is 1. The third kappa shape index (κ3) is 3.96. The number of methoxy groups -OCH3 is 1. The molecule has 2 aliphatic rings. The average Bonchev–Trinajstić information content (AvgIpc) is 3.41. The number of hydrogen-bond donors (Lipinski definition) is 3. The number of nitrogens with zero attached hydrogens (tertiary/aromatic N) is 4. The molecule has 10 nitrogen and oxygen atoms in total. The maximum Gasteiger partial charge on any atom is 0.298 e. The Balaban J connectivity index is 1.44. The largest absolute Gasteiger partial charge is 0.507 e. The zero-order valence-corrected chi connectivity index (χ0v) is 18.0. The molecule has 2 aromatic heterocycles. The zero-order valence-electron chi connectivity index (χ0n) is 18.0. The number of aromatic hydroxyl groups is 1. The molecule has 3 aromatic rings. The number of rotatable bonds is 7. The SMILES string of the molecule is COCc1cc2c(c(O)c1-c1cnc3oc(N[C@@H]4CCCN(CCO)C4)nc3n1)CCO2. The highest BCUT2D eigenvalue weighted by Gasteiger charge is 2.25. The number of oxazole rings is 1. The molecule has 0 aliphatic carbocycles. The molecule has 10 heteroatoms. The van der Waals surface area contributed by atoms with Gasteiger partial charge in [0.15, 0.2) is 0 Å². The number of anilines is 1. The van der Waals surface area contributed by atoms with Gasteiger partial charge in [0, 0.05) is 43.8 Å². The summed E-state index contributed by atoms with van der Waals surface area (Å²) >= 11 is 0. The number of ether oxygens (including phenoxy) is 2. The minimum atomic E-state index is 0.147. The van der Waals surface area contributed by atoms with E-state index in [2.05, 4.69) is 25.2 Å². The van der Waals surface area contributed by atoms with Crippen molar-refractivity contribution in [3.8, 4) is 22.8 Å². The monoisotopic (exact) mass is 441 g/mol. The van der Waals surface area contributed by atoms with Crippen molar-refractivity contribution in [3.05, 3.63) is 23.4 Å². The van der Waals surface area contributed by atoms with Crippen LogP contribution in [0.3, 0.4) is 0 Å². The summed E-state index contributed by atoms with van der Waals surface area (Å²) in [5, 5.41) is 23.5. The molecule has 4 heterocycles. The van der Waals surface area contributed by atoms with Crippen molar-refractivity contribution in [1.29, 1.82) is 0 Å². The summed E-state index contributed by atoms with van der Waals surface area (Å²) in [6.07, 6.45) is 4.27. The van der Waals surface area contributed by atoms with Crippen LogP contribution < -0.4 is 10.1 Å². The quantitative estimate of drug-likeness (QED) is 0.501. The molecule has 0 saturated carbocycles. The number of β-amino-alcohol motifs (C(OH)–C–C–N with tert-alkyl or cyclic N) is 1. The maximum atomic E-state index is 11.0. The second-order valence-electron chi connectivity index (χ2n) is 8.18. The van der Waals surface area contributed by atoms with Gasteiger partial charge in [0.25, 0.3) is 11.7 Å². The number of aliphatic hydroxyl groups excluding tert-OH is 1. The molecule has 0 bridgehead atoms. The minimum Gasteiger partial charge on any atom is -0.507 e. The molecule has 170 valence electrons. The number of aromatic nitrogens is 3. The van der Waals surface area contributed by atoms with Crippen molar-refractivity contribution in [2.24, 2.45) is 0 Å². The van der Waals surface area contributed by atoms with E-state index in [1.807, 2.05) is 6.07 Å². The highest BCUT2D eigenvalue weighted by Crippen LogP contribution is 2.43. The molecule has 5 rings (SSSR count). The van der Waals surface area contributed by atoms with Gasteiger partial charge in [0.05, 0.1) is 31.7 Å². The van der Waals surface area contributed by atoms with Crippen LogP contribution >= 0.6 is 0 Å². The van der Waals surface area contributed by atoms with E-state index in [4.69, 9.17) is 13.9 Å². The van der Waals surface area contributed by atoms with Crippen molar-refractivity contribution in [2.75, 3.05) is 45.3 Å². The van der Waals surface area contributed by atoms with E-state index in [1.165, 1.54) is 0 Å². The van der Waals surface area contributed by atoms with Crippen LogP contribution in [0.2, 0.25) is 0 Å². The van der Waals surface area contributed by atoms with Gasteiger partial charge >= 0.3 is 0 Å². The van der Waals surface area contributed by atoms with Crippen LogP contribution in [0.25, 0.3) is 22.6 Å². The Kier molecular flexibility index (Phi) is 5.81. The summed E-state index contributed by atoms with van der Waals surface area (Å²) < 4.78 is 16.7. The molecule has 2 aliphatic heterocycles. The van der Waals surface area contributed by atoms with E-state index in [0.29, 0.717) is 60.6 Å².